The number of hydrogen-bond acceptors (Lipinski definition) is 4. The Balaban J connectivity index is 2.03. The second-order valence-electron chi connectivity index (χ2n) is 4.27. The van der Waals surface area contributed by atoms with Crippen LogP contribution in [0.3, 0.4) is 0 Å². The third-order valence-corrected chi connectivity index (χ3v) is 2.83. The number of aromatic nitrogens is 3. The van der Waals surface area contributed by atoms with Crippen LogP contribution in [0.5, 0.6) is 0 Å². The lowest BCUT2D eigenvalue weighted by molar-refractivity contribution is 0.0773. The molecule has 20 heavy (non-hydrogen) atoms. The summed E-state index contributed by atoms with van der Waals surface area (Å²) in [7, 11) is 3.26. The minimum absolute atomic E-state index is 0.136. The Kier molecular flexibility index (Phi) is 4.09. The van der Waals surface area contributed by atoms with E-state index >= 15 is 0 Å². The summed E-state index contributed by atoms with van der Waals surface area (Å²) in [6.45, 7) is 0.424. The number of nitrogens with one attached hydrogen (secondary N) is 2. The van der Waals surface area contributed by atoms with E-state index in [-0.39, 0.29) is 17.6 Å². The number of carbonyl (C=O) groups is 2. The van der Waals surface area contributed by atoms with E-state index in [1.165, 1.54) is 11.2 Å². The number of H-pyrrole nitrogens is 1. The maximum Gasteiger partial charge on any atom is 0.291 e. The van der Waals surface area contributed by atoms with E-state index in [2.05, 4.69) is 20.5 Å². The quantitative estimate of drug-likeness (QED) is 0.845. The summed E-state index contributed by atoms with van der Waals surface area (Å²) in [6.07, 6.45) is 1.29. The molecule has 0 saturated heterocycles. The van der Waals surface area contributed by atoms with Gasteiger partial charge in [0.05, 0.1) is 0 Å². The molecule has 0 bridgehead atoms. The highest BCUT2D eigenvalue weighted by atomic mass is 16.2. The van der Waals surface area contributed by atoms with Gasteiger partial charge in [0.2, 0.25) is 5.82 Å². The highest BCUT2D eigenvalue weighted by Crippen LogP contribution is 2.08. The predicted octanol–water partition coefficient (Wildman–Crippen LogP) is 0.436. The molecule has 7 heteroatoms. The van der Waals surface area contributed by atoms with Crippen molar-refractivity contribution in [1.82, 2.24) is 25.4 Å². The zero-order valence-corrected chi connectivity index (χ0v) is 11.3. The summed E-state index contributed by atoms with van der Waals surface area (Å²) in [5.41, 5.74) is 1.51. The van der Waals surface area contributed by atoms with Crippen LogP contribution in [0.4, 0.5) is 0 Å². The van der Waals surface area contributed by atoms with Gasteiger partial charge in [0.15, 0.2) is 0 Å². The molecule has 1 aromatic heterocycles. The largest absolute Gasteiger partial charge is 0.355 e. The lowest BCUT2D eigenvalue weighted by Gasteiger charge is -2.15. The fraction of sp³-hybridized carbons (Fsp3) is 0.231. The van der Waals surface area contributed by atoms with Crippen LogP contribution < -0.4 is 5.32 Å². The van der Waals surface area contributed by atoms with E-state index in [0.29, 0.717) is 12.1 Å². The number of hydrogen-bond donors (Lipinski definition) is 2. The predicted molar refractivity (Wildman–Crippen MR) is 72.0 cm³/mol. The number of rotatable bonds is 4. The van der Waals surface area contributed by atoms with E-state index in [0.717, 1.165) is 5.56 Å². The second kappa shape index (κ2) is 5.96. The van der Waals surface area contributed by atoms with Gasteiger partial charge in [0.1, 0.15) is 6.33 Å². The van der Waals surface area contributed by atoms with Gasteiger partial charge < -0.3 is 10.2 Å². The van der Waals surface area contributed by atoms with Crippen LogP contribution in [0.15, 0.2) is 30.6 Å². The fourth-order valence-corrected chi connectivity index (χ4v) is 1.74. The lowest BCUT2D eigenvalue weighted by Crippen LogP contribution is -2.27. The molecule has 0 radical (unpaired) electrons. The fourth-order valence-electron chi connectivity index (χ4n) is 1.74. The lowest BCUT2D eigenvalue weighted by atomic mass is 10.1. The van der Waals surface area contributed by atoms with Crippen molar-refractivity contribution in [2.45, 2.75) is 6.54 Å². The molecular weight excluding hydrogens is 258 g/mol. The average molecular weight is 273 g/mol. The van der Waals surface area contributed by atoms with Crippen LogP contribution in [-0.4, -0.2) is 46.0 Å². The maximum atomic E-state index is 12.0. The normalized spacial score (nSPS) is 10.1. The number of benzene rings is 1. The Morgan fingerprint density at radius 3 is 2.55 bits per heavy atom. The number of nitrogens with zero attached hydrogens (tertiary/aromatic N) is 3. The molecule has 2 amide bonds. The molecule has 0 saturated carbocycles. The molecule has 2 rings (SSSR count). The zero-order chi connectivity index (χ0) is 14.5. The van der Waals surface area contributed by atoms with Crippen molar-refractivity contribution in [2.24, 2.45) is 0 Å². The van der Waals surface area contributed by atoms with E-state index in [9.17, 15) is 9.59 Å². The van der Waals surface area contributed by atoms with Gasteiger partial charge in [-0.2, -0.15) is 5.10 Å². The van der Waals surface area contributed by atoms with Crippen LogP contribution in [-0.2, 0) is 6.54 Å². The van der Waals surface area contributed by atoms with Crippen LogP contribution in [0, 0.1) is 0 Å². The van der Waals surface area contributed by atoms with E-state index in [1.807, 2.05) is 12.1 Å². The molecule has 2 N–H and O–H groups in total. The number of amides is 2. The van der Waals surface area contributed by atoms with Gasteiger partial charge in [-0.3, -0.25) is 14.7 Å². The molecule has 0 aliphatic carbocycles. The van der Waals surface area contributed by atoms with Crippen molar-refractivity contribution in [3.05, 3.63) is 47.5 Å². The molecule has 7 nitrogen and oxygen atoms in total. The van der Waals surface area contributed by atoms with Gasteiger partial charge >= 0.3 is 0 Å². The molecule has 0 aliphatic heterocycles. The summed E-state index contributed by atoms with van der Waals surface area (Å²) in [5.74, 6) is -0.171. The Hall–Kier alpha value is -2.70. The zero-order valence-electron chi connectivity index (χ0n) is 11.3. The standard InChI is InChI=1S/C13H15N5O2/c1-14-12(19)10-5-3-9(4-6-10)7-18(2)13(20)11-15-8-16-17-11/h3-6,8H,7H2,1-2H3,(H,14,19)(H,15,16,17). The van der Waals surface area contributed by atoms with Crippen molar-refractivity contribution in [3.8, 4) is 0 Å². The maximum absolute atomic E-state index is 12.0. The van der Waals surface area contributed by atoms with Crippen molar-refractivity contribution in [1.29, 1.82) is 0 Å². The summed E-state index contributed by atoms with van der Waals surface area (Å²) >= 11 is 0. The third kappa shape index (κ3) is 3.00. The third-order valence-electron chi connectivity index (χ3n) is 2.83. The number of aromatic amines is 1. The van der Waals surface area contributed by atoms with E-state index in [4.69, 9.17) is 0 Å². The van der Waals surface area contributed by atoms with Gasteiger partial charge in [0, 0.05) is 26.2 Å². The highest BCUT2D eigenvalue weighted by molar-refractivity contribution is 5.94. The molecule has 1 aromatic carbocycles. The molecule has 2 aromatic rings. The average Bonchev–Trinajstić information content (AvgIpc) is 3.00. The monoisotopic (exact) mass is 273 g/mol. The summed E-state index contributed by atoms with van der Waals surface area (Å²) in [6, 6.07) is 7.07. The first kappa shape index (κ1) is 13.7. The minimum Gasteiger partial charge on any atom is -0.355 e. The van der Waals surface area contributed by atoms with E-state index in [1.54, 1.807) is 26.2 Å². The molecule has 0 unspecified atom stereocenters. The van der Waals surface area contributed by atoms with Crippen LogP contribution in [0.1, 0.15) is 26.5 Å². The first-order valence-electron chi connectivity index (χ1n) is 6.03. The second-order valence-corrected chi connectivity index (χ2v) is 4.27. The molecule has 0 spiro atoms. The highest BCUT2D eigenvalue weighted by Gasteiger charge is 2.14. The Labute approximate surface area is 116 Å². The van der Waals surface area contributed by atoms with Crippen LogP contribution in [0.25, 0.3) is 0 Å². The Morgan fingerprint density at radius 1 is 1.30 bits per heavy atom. The van der Waals surface area contributed by atoms with Crippen molar-refractivity contribution in [2.75, 3.05) is 14.1 Å². The van der Waals surface area contributed by atoms with E-state index < -0.39 is 0 Å². The molecule has 0 atom stereocenters. The van der Waals surface area contributed by atoms with Gasteiger partial charge in [-0.15, -0.1) is 0 Å². The summed E-state index contributed by atoms with van der Waals surface area (Å²) < 4.78 is 0. The Bertz CT molecular complexity index is 592. The first-order chi connectivity index (χ1) is 9.61. The SMILES string of the molecule is CNC(=O)c1ccc(CN(C)C(=O)c2ncn[nH]2)cc1. The molecule has 1 heterocycles. The van der Waals surface area contributed by atoms with Crippen molar-refractivity contribution >= 4 is 11.8 Å². The smallest absolute Gasteiger partial charge is 0.291 e. The topological polar surface area (TPSA) is 91.0 Å². The van der Waals surface area contributed by atoms with Crippen molar-refractivity contribution < 1.29 is 9.59 Å². The molecular formula is C13H15N5O2. The van der Waals surface area contributed by atoms with Crippen molar-refractivity contribution in [3.63, 3.8) is 0 Å². The minimum atomic E-state index is -0.238. The van der Waals surface area contributed by atoms with Crippen LogP contribution >= 0.6 is 0 Å². The Morgan fingerprint density at radius 2 is 2.00 bits per heavy atom. The van der Waals surface area contributed by atoms with Gasteiger partial charge in [0.25, 0.3) is 11.8 Å². The molecule has 104 valence electrons. The van der Waals surface area contributed by atoms with Gasteiger partial charge in [-0.1, -0.05) is 12.1 Å². The van der Waals surface area contributed by atoms with Gasteiger partial charge in [-0.05, 0) is 17.7 Å². The summed E-state index contributed by atoms with van der Waals surface area (Å²) in [5, 5.41) is 8.73. The summed E-state index contributed by atoms with van der Waals surface area (Å²) in [4.78, 5) is 28.7. The number of carbonyl (C=O) groups excluding carboxylic acids is 2. The molecule has 0 fully saturated rings. The molecule has 0 aliphatic rings. The van der Waals surface area contributed by atoms with Crippen LogP contribution in [0.2, 0.25) is 0 Å². The first-order valence-corrected chi connectivity index (χ1v) is 6.03. The van der Waals surface area contributed by atoms with Gasteiger partial charge in [-0.25, -0.2) is 4.98 Å².